The number of aryl methyl sites for hydroxylation is 1. The van der Waals surface area contributed by atoms with Crippen LogP contribution in [0.1, 0.15) is 31.4 Å². The number of amides is 2. The van der Waals surface area contributed by atoms with Crippen molar-refractivity contribution >= 4 is 6.03 Å². The Balaban J connectivity index is 1.86. The first-order chi connectivity index (χ1) is 9.20. The molecule has 2 amide bonds. The van der Waals surface area contributed by atoms with E-state index in [1.165, 1.54) is 0 Å². The van der Waals surface area contributed by atoms with Crippen molar-refractivity contribution in [2.45, 2.75) is 38.3 Å². The molecular formula is C13H22N4O2. The Labute approximate surface area is 113 Å². The molecule has 0 saturated carbocycles. The van der Waals surface area contributed by atoms with Crippen LogP contribution in [0.4, 0.5) is 4.79 Å². The van der Waals surface area contributed by atoms with Gasteiger partial charge in [0.2, 0.25) is 0 Å². The fraction of sp³-hybridized carbons (Fsp3) is 0.692. The SMILES string of the molecule is Cn1ccc(CNC(=O)N2CCCCC2CCO)n1. The Morgan fingerprint density at radius 3 is 3.11 bits per heavy atom. The quantitative estimate of drug-likeness (QED) is 0.849. The Morgan fingerprint density at radius 2 is 2.42 bits per heavy atom. The highest BCUT2D eigenvalue weighted by Gasteiger charge is 2.25. The van der Waals surface area contributed by atoms with Crippen molar-refractivity contribution < 1.29 is 9.90 Å². The summed E-state index contributed by atoms with van der Waals surface area (Å²) in [6.07, 6.45) is 5.68. The van der Waals surface area contributed by atoms with Gasteiger partial charge in [0.15, 0.2) is 0 Å². The molecule has 6 heteroatoms. The highest BCUT2D eigenvalue weighted by Crippen LogP contribution is 2.19. The number of likely N-dealkylation sites (tertiary alicyclic amines) is 1. The average molecular weight is 266 g/mol. The largest absolute Gasteiger partial charge is 0.396 e. The molecule has 1 saturated heterocycles. The van der Waals surface area contributed by atoms with Crippen molar-refractivity contribution in [3.05, 3.63) is 18.0 Å². The molecule has 0 aliphatic carbocycles. The molecule has 1 aromatic heterocycles. The summed E-state index contributed by atoms with van der Waals surface area (Å²) >= 11 is 0. The summed E-state index contributed by atoms with van der Waals surface area (Å²) in [5.41, 5.74) is 0.853. The van der Waals surface area contributed by atoms with E-state index >= 15 is 0 Å². The van der Waals surface area contributed by atoms with E-state index in [4.69, 9.17) is 5.11 Å². The lowest BCUT2D eigenvalue weighted by molar-refractivity contribution is 0.131. The summed E-state index contributed by atoms with van der Waals surface area (Å²) in [6, 6.07) is 2.01. The molecule has 1 fully saturated rings. The van der Waals surface area contributed by atoms with Gasteiger partial charge in [-0.2, -0.15) is 5.10 Å². The minimum Gasteiger partial charge on any atom is -0.396 e. The smallest absolute Gasteiger partial charge is 0.317 e. The maximum atomic E-state index is 12.2. The summed E-state index contributed by atoms with van der Waals surface area (Å²) in [7, 11) is 1.85. The molecule has 19 heavy (non-hydrogen) atoms. The van der Waals surface area contributed by atoms with Crippen LogP contribution < -0.4 is 5.32 Å². The first-order valence-electron chi connectivity index (χ1n) is 6.84. The fourth-order valence-corrected chi connectivity index (χ4v) is 2.54. The normalized spacial score (nSPS) is 19.5. The first kappa shape index (κ1) is 13.9. The van der Waals surface area contributed by atoms with Gasteiger partial charge < -0.3 is 15.3 Å². The van der Waals surface area contributed by atoms with Crippen LogP contribution in [0.2, 0.25) is 0 Å². The van der Waals surface area contributed by atoms with Crippen molar-refractivity contribution in [1.82, 2.24) is 20.0 Å². The number of carbonyl (C=O) groups is 1. The van der Waals surface area contributed by atoms with E-state index in [1.54, 1.807) is 4.68 Å². The number of aliphatic hydroxyl groups excluding tert-OH is 1. The van der Waals surface area contributed by atoms with Crippen molar-refractivity contribution in [1.29, 1.82) is 0 Å². The van der Waals surface area contributed by atoms with Gasteiger partial charge in [0.05, 0.1) is 12.2 Å². The average Bonchev–Trinajstić information content (AvgIpc) is 2.83. The van der Waals surface area contributed by atoms with E-state index in [0.717, 1.165) is 31.5 Å². The summed E-state index contributed by atoms with van der Waals surface area (Å²) < 4.78 is 1.72. The molecule has 1 aliphatic rings. The van der Waals surface area contributed by atoms with E-state index < -0.39 is 0 Å². The number of nitrogens with zero attached hydrogens (tertiary/aromatic N) is 3. The van der Waals surface area contributed by atoms with Crippen molar-refractivity contribution in [3.8, 4) is 0 Å². The topological polar surface area (TPSA) is 70.4 Å². The Bertz CT molecular complexity index is 417. The van der Waals surface area contributed by atoms with Gasteiger partial charge in [-0.3, -0.25) is 4.68 Å². The van der Waals surface area contributed by atoms with Crippen molar-refractivity contribution in [3.63, 3.8) is 0 Å². The highest BCUT2D eigenvalue weighted by atomic mass is 16.3. The van der Waals surface area contributed by atoms with Crippen LogP contribution in [0, 0.1) is 0 Å². The highest BCUT2D eigenvalue weighted by molar-refractivity contribution is 5.74. The molecule has 2 rings (SSSR count). The van der Waals surface area contributed by atoms with Gasteiger partial charge in [-0.25, -0.2) is 4.79 Å². The van der Waals surface area contributed by atoms with Crippen LogP contribution in [0.5, 0.6) is 0 Å². The van der Waals surface area contributed by atoms with Crippen LogP contribution in [-0.4, -0.2) is 45.0 Å². The predicted octanol–water partition coefficient (Wildman–Crippen LogP) is 0.867. The molecule has 0 aromatic carbocycles. The number of hydrogen-bond acceptors (Lipinski definition) is 3. The molecule has 0 spiro atoms. The lowest BCUT2D eigenvalue weighted by Gasteiger charge is -2.35. The van der Waals surface area contributed by atoms with Gasteiger partial charge >= 0.3 is 6.03 Å². The van der Waals surface area contributed by atoms with Gasteiger partial charge in [-0.1, -0.05) is 0 Å². The van der Waals surface area contributed by atoms with Crippen LogP contribution in [-0.2, 0) is 13.6 Å². The van der Waals surface area contributed by atoms with Gasteiger partial charge in [-0.05, 0) is 31.7 Å². The first-order valence-corrected chi connectivity index (χ1v) is 6.84. The standard InChI is InChI=1S/C13H22N4O2/c1-16-8-5-11(15-16)10-14-13(19)17-7-3-2-4-12(17)6-9-18/h5,8,12,18H,2-4,6-7,9-10H2,1H3,(H,14,19). The van der Waals surface area contributed by atoms with Gasteiger partial charge in [0.1, 0.15) is 0 Å². The molecule has 2 heterocycles. The third-order valence-electron chi connectivity index (χ3n) is 3.54. The predicted molar refractivity (Wildman–Crippen MR) is 71.5 cm³/mol. The second-order valence-corrected chi connectivity index (χ2v) is 4.99. The van der Waals surface area contributed by atoms with Gasteiger partial charge in [-0.15, -0.1) is 0 Å². The number of nitrogens with one attached hydrogen (secondary N) is 1. The third-order valence-corrected chi connectivity index (χ3v) is 3.54. The van der Waals surface area contributed by atoms with Crippen LogP contribution in [0.3, 0.4) is 0 Å². The Kier molecular flexibility index (Phi) is 4.79. The molecule has 106 valence electrons. The molecule has 1 unspecified atom stereocenters. The van der Waals surface area contributed by atoms with Gasteiger partial charge in [0, 0.05) is 32.4 Å². The number of rotatable bonds is 4. The van der Waals surface area contributed by atoms with E-state index in [2.05, 4.69) is 10.4 Å². The van der Waals surface area contributed by atoms with Crippen LogP contribution >= 0.6 is 0 Å². The van der Waals surface area contributed by atoms with Crippen molar-refractivity contribution in [2.75, 3.05) is 13.2 Å². The van der Waals surface area contributed by atoms with E-state index in [1.807, 2.05) is 24.2 Å². The minimum atomic E-state index is -0.0520. The number of hydrogen-bond donors (Lipinski definition) is 2. The summed E-state index contributed by atoms with van der Waals surface area (Å²) in [6.45, 7) is 1.36. The lowest BCUT2D eigenvalue weighted by atomic mass is 10.0. The Morgan fingerprint density at radius 1 is 1.58 bits per heavy atom. The Hall–Kier alpha value is -1.56. The zero-order valence-electron chi connectivity index (χ0n) is 11.4. The monoisotopic (exact) mass is 266 g/mol. The summed E-state index contributed by atoms with van der Waals surface area (Å²) in [5, 5.41) is 16.2. The summed E-state index contributed by atoms with van der Waals surface area (Å²) in [4.78, 5) is 14.0. The van der Waals surface area contributed by atoms with Crippen LogP contribution in [0.25, 0.3) is 0 Å². The number of urea groups is 1. The molecular weight excluding hydrogens is 244 g/mol. The van der Waals surface area contributed by atoms with Gasteiger partial charge in [0.25, 0.3) is 0 Å². The third kappa shape index (κ3) is 3.70. The number of piperidine rings is 1. The minimum absolute atomic E-state index is 0.0520. The van der Waals surface area contributed by atoms with E-state index in [9.17, 15) is 4.79 Å². The van der Waals surface area contributed by atoms with E-state index in [-0.39, 0.29) is 18.7 Å². The van der Waals surface area contributed by atoms with E-state index in [0.29, 0.717) is 13.0 Å². The number of carbonyl (C=O) groups excluding carboxylic acids is 1. The van der Waals surface area contributed by atoms with Crippen LogP contribution in [0.15, 0.2) is 12.3 Å². The molecule has 0 radical (unpaired) electrons. The lowest BCUT2D eigenvalue weighted by Crippen LogP contribution is -2.48. The molecule has 0 bridgehead atoms. The maximum Gasteiger partial charge on any atom is 0.317 e. The second kappa shape index (κ2) is 6.56. The molecule has 1 atom stereocenters. The fourth-order valence-electron chi connectivity index (χ4n) is 2.54. The van der Waals surface area contributed by atoms with Crippen molar-refractivity contribution in [2.24, 2.45) is 7.05 Å². The molecule has 1 aliphatic heterocycles. The zero-order valence-corrected chi connectivity index (χ0v) is 11.4. The summed E-state index contributed by atoms with van der Waals surface area (Å²) in [5.74, 6) is 0. The number of aliphatic hydroxyl groups is 1. The molecule has 2 N–H and O–H groups in total. The number of aromatic nitrogens is 2. The maximum absolute atomic E-state index is 12.2. The second-order valence-electron chi connectivity index (χ2n) is 4.99. The zero-order chi connectivity index (χ0) is 13.7. The molecule has 6 nitrogen and oxygen atoms in total. The molecule has 1 aromatic rings.